The van der Waals surface area contributed by atoms with Crippen LogP contribution < -0.4 is 5.32 Å². The second kappa shape index (κ2) is 3.87. The first-order valence-corrected chi connectivity index (χ1v) is 5.54. The minimum absolute atomic E-state index is 0.284. The number of hydrogen-bond donors (Lipinski definition) is 1. The fourth-order valence-corrected chi connectivity index (χ4v) is 1.72. The first-order valence-electron chi connectivity index (χ1n) is 4.75. The largest absolute Gasteiger partial charge is 0.325 e. The van der Waals surface area contributed by atoms with Crippen LogP contribution in [0.5, 0.6) is 0 Å². The molecule has 5 heteroatoms. The summed E-state index contributed by atoms with van der Waals surface area (Å²) in [6.45, 7) is 0. The van der Waals surface area contributed by atoms with Gasteiger partial charge in [-0.15, -0.1) is 0 Å². The molecule has 0 atom stereocenters. The molecule has 0 aromatic heterocycles. The monoisotopic (exact) mass is 282 g/mol. The van der Waals surface area contributed by atoms with Crippen molar-refractivity contribution in [2.75, 3.05) is 5.32 Å². The van der Waals surface area contributed by atoms with E-state index in [-0.39, 0.29) is 16.2 Å². The number of nitrogens with zero attached hydrogens (tertiary/aromatic N) is 1. The third-order valence-corrected chi connectivity index (χ3v) is 3.18. The lowest BCUT2D eigenvalue weighted by Gasteiger charge is -2.08. The Labute approximate surface area is 100 Å². The van der Waals surface area contributed by atoms with Crippen molar-refractivity contribution < 1.29 is 9.18 Å². The van der Waals surface area contributed by atoms with Gasteiger partial charge in [0, 0.05) is 5.69 Å². The molecule has 0 unspecified atom stereocenters. The molecule has 1 aromatic carbocycles. The molecule has 1 amide bonds. The van der Waals surface area contributed by atoms with Crippen molar-refractivity contribution in [3.05, 3.63) is 28.5 Å². The molecule has 0 heterocycles. The van der Waals surface area contributed by atoms with Crippen LogP contribution in [0, 0.1) is 22.6 Å². The van der Waals surface area contributed by atoms with Gasteiger partial charge in [0.1, 0.15) is 11.2 Å². The highest BCUT2D eigenvalue weighted by Crippen LogP contribution is 2.45. The standard InChI is InChI=1S/C11H8BrFN2O/c12-8-5-7(1-2-9(8)13)15-10(16)11(6-14)3-4-11/h1-2,5H,3-4H2,(H,15,16). The summed E-state index contributed by atoms with van der Waals surface area (Å²) < 4.78 is 13.2. The Bertz CT molecular complexity index is 491. The number of benzene rings is 1. The zero-order valence-electron chi connectivity index (χ0n) is 8.26. The van der Waals surface area contributed by atoms with Crippen molar-refractivity contribution in [3.8, 4) is 6.07 Å². The maximum absolute atomic E-state index is 12.9. The lowest BCUT2D eigenvalue weighted by Crippen LogP contribution is -2.22. The molecule has 1 aromatic rings. The van der Waals surface area contributed by atoms with E-state index >= 15 is 0 Å². The first kappa shape index (κ1) is 11.1. The summed E-state index contributed by atoms with van der Waals surface area (Å²) in [5.74, 6) is -0.701. The molecule has 16 heavy (non-hydrogen) atoms. The average molecular weight is 283 g/mol. The first-order chi connectivity index (χ1) is 7.57. The summed E-state index contributed by atoms with van der Waals surface area (Å²) >= 11 is 3.03. The van der Waals surface area contributed by atoms with Gasteiger partial charge in [-0.1, -0.05) is 0 Å². The van der Waals surface area contributed by atoms with E-state index in [1.165, 1.54) is 18.2 Å². The summed E-state index contributed by atoms with van der Waals surface area (Å²) in [7, 11) is 0. The lowest BCUT2D eigenvalue weighted by atomic mass is 10.1. The molecule has 3 nitrogen and oxygen atoms in total. The summed E-state index contributed by atoms with van der Waals surface area (Å²) in [6, 6.07) is 6.19. The van der Waals surface area contributed by atoms with E-state index in [9.17, 15) is 9.18 Å². The maximum Gasteiger partial charge on any atom is 0.244 e. The Hall–Kier alpha value is -1.41. The second-order valence-electron chi connectivity index (χ2n) is 3.78. The van der Waals surface area contributed by atoms with Crippen molar-refractivity contribution in [2.45, 2.75) is 12.8 Å². The van der Waals surface area contributed by atoms with Crippen molar-refractivity contribution in [1.29, 1.82) is 5.26 Å². The van der Waals surface area contributed by atoms with Crippen LogP contribution in [0.2, 0.25) is 0 Å². The number of amides is 1. The van der Waals surface area contributed by atoms with E-state index < -0.39 is 5.41 Å². The molecule has 1 N–H and O–H groups in total. The molecule has 1 saturated carbocycles. The van der Waals surface area contributed by atoms with Gasteiger partial charge >= 0.3 is 0 Å². The Kier molecular flexibility index (Phi) is 2.68. The lowest BCUT2D eigenvalue weighted by molar-refractivity contribution is -0.119. The van der Waals surface area contributed by atoms with E-state index in [2.05, 4.69) is 21.2 Å². The van der Waals surface area contributed by atoms with Crippen molar-refractivity contribution in [1.82, 2.24) is 0 Å². The summed E-state index contributed by atoms with van der Waals surface area (Å²) in [5, 5.41) is 11.4. The molecular weight excluding hydrogens is 275 g/mol. The fraction of sp³-hybridized carbons (Fsp3) is 0.273. The van der Waals surface area contributed by atoms with Gasteiger partial charge in [-0.05, 0) is 47.0 Å². The predicted molar refractivity (Wildman–Crippen MR) is 60.0 cm³/mol. The van der Waals surface area contributed by atoms with Crippen LogP contribution in [0.15, 0.2) is 22.7 Å². The number of halogens is 2. The Morgan fingerprint density at radius 1 is 1.56 bits per heavy atom. The third kappa shape index (κ3) is 1.93. The summed E-state index contributed by atoms with van der Waals surface area (Å²) in [4.78, 5) is 11.7. The Balaban J connectivity index is 2.13. The number of hydrogen-bond acceptors (Lipinski definition) is 2. The van der Waals surface area contributed by atoms with Gasteiger partial charge in [-0.2, -0.15) is 5.26 Å². The van der Waals surface area contributed by atoms with E-state index in [0.29, 0.717) is 18.5 Å². The average Bonchev–Trinajstić information content (AvgIpc) is 3.04. The summed E-state index contributed by atoms with van der Waals surface area (Å²) in [6.07, 6.45) is 1.19. The molecule has 0 aliphatic heterocycles. The zero-order valence-corrected chi connectivity index (χ0v) is 9.84. The second-order valence-corrected chi connectivity index (χ2v) is 4.63. The van der Waals surface area contributed by atoms with Gasteiger partial charge < -0.3 is 5.32 Å². The minimum Gasteiger partial charge on any atom is -0.325 e. The molecular formula is C11H8BrFN2O. The van der Waals surface area contributed by atoms with Gasteiger partial charge in [0.05, 0.1) is 10.5 Å². The van der Waals surface area contributed by atoms with Gasteiger partial charge in [0.2, 0.25) is 5.91 Å². The minimum atomic E-state index is -0.860. The smallest absolute Gasteiger partial charge is 0.244 e. The van der Waals surface area contributed by atoms with Crippen LogP contribution in [0.4, 0.5) is 10.1 Å². The van der Waals surface area contributed by atoms with Gasteiger partial charge in [-0.25, -0.2) is 4.39 Å². The Morgan fingerprint density at radius 3 is 2.75 bits per heavy atom. The number of carbonyl (C=O) groups is 1. The fourth-order valence-electron chi connectivity index (χ4n) is 1.34. The molecule has 1 aliphatic carbocycles. The number of nitriles is 1. The molecule has 82 valence electrons. The third-order valence-electron chi connectivity index (χ3n) is 2.58. The molecule has 1 fully saturated rings. The van der Waals surface area contributed by atoms with Crippen LogP contribution in [-0.2, 0) is 4.79 Å². The highest BCUT2D eigenvalue weighted by atomic mass is 79.9. The van der Waals surface area contributed by atoms with Crippen molar-refractivity contribution in [2.24, 2.45) is 5.41 Å². The molecule has 1 aliphatic rings. The SMILES string of the molecule is N#CC1(C(=O)Nc2ccc(F)c(Br)c2)CC1. The van der Waals surface area contributed by atoms with E-state index in [1.54, 1.807) is 0 Å². The van der Waals surface area contributed by atoms with Crippen LogP contribution in [0.25, 0.3) is 0 Å². The van der Waals surface area contributed by atoms with E-state index in [4.69, 9.17) is 5.26 Å². The number of rotatable bonds is 2. The quantitative estimate of drug-likeness (QED) is 0.907. The predicted octanol–water partition coefficient (Wildman–Crippen LogP) is 2.83. The van der Waals surface area contributed by atoms with Crippen LogP contribution in [0.1, 0.15) is 12.8 Å². The topological polar surface area (TPSA) is 52.9 Å². The molecule has 2 rings (SSSR count). The van der Waals surface area contributed by atoms with Crippen LogP contribution in [-0.4, -0.2) is 5.91 Å². The molecule has 0 spiro atoms. The number of carbonyl (C=O) groups excluding carboxylic acids is 1. The summed E-state index contributed by atoms with van der Waals surface area (Å²) in [5.41, 5.74) is -0.374. The van der Waals surface area contributed by atoms with Crippen LogP contribution >= 0.6 is 15.9 Å². The number of anilines is 1. The Morgan fingerprint density at radius 2 is 2.25 bits per heavy atom. The number of nitrogens with one attached hydrogen (secondary N) is 1. The normalized spacial score (nSPS) is 16.3. The van der Waals surface area contributed by atoms with E-state index in [0.717, 1.165) is 0 Å². The zero-order chi connectivity index (χ0) is 11.8. The molecule has 0 radical (unpaired) electrons. The highest BCUT2D eigenvalue weighted by Gasteiger charge is 2.50. The molecule has 0 bridgehead atoms. The van der Waals surface area contributed by atoms with Crippen molar-refractivity contribution >= 4 is 27.5 Å². The molecule has 0 saturated heterocycles. The van der Waals surface area contributed by atoms with Gasteiger partial charge in [0.15, 0.2) is 0 Å². The van der Waals surface area contributed by atoms with Gasteiger partial charge in [-0.3, -0.25) is 4.79 Å². The van der Waals surface area contributed by atoms with E-state index in [1.807, 2.05) is 6.07 Å². The van der Waals surface area contributed by atoms with Gasteiger partial charge in [0.25, 0.3) is 0 Å². The van der Waals surface area contributed by atoms with Crippen molar-refractivity contribution in [3.63, 3.8) is 0 Å². The highest BCUT2D eigenvalue weighted by molar-refractivity contribution is 9.10. The van der Waals surface area contributed by atoms with Crippen LogP contribution in [0.3, 0.4) is 0 Å². The maximum atomic E-state index is 12.9.